The van der Waals surface area contributed by atoms with E-state index in [1.165, 1.54) is 0 Å². The van der Waals surface area contributed by atoms with Crippen molar-refractivity contribution in [3.05, 3.63) is 35.4 Å². The summed E-state index contributed by atoms with van der Waals surface area (Å²) >= 11 is -1.42. The smallest absolute Gasteiger partial charge is 0.338 e. The third kappa shape index (κ3) is 4.23. The molecule has 23 heavy (non-hydrogen) atoms. The molecule has 1 aromatic carbocycles. The molecule has 2 unspecified atom stereocenters. The first-order valence-corrected chi connectivity index (χ1v) is 8.44. The van der Waals surface area contributed by atoms with Crippen molar-refractivity contribution >= 4 is 29.0 Å². The summed E-state index contributed by atoms with van der Waals surface area (Å²) in [7, 11) is 0. The Kier molecular flexibility index (Phi) is 5.62. The van der Waals surface area contributed by atoms with Crippen LogP contribution >= 0.6 is 0 Å². The van der Waals surface area contributed by atoms with Crippen molar-refractivity contribution in [2.45, 2.75) is 17.9 Å². The Morgan fingerprint density at radius 1 is 1.39 bits per heavy atom. The number of carbonyl (C=O) groups is 3. The molecule has 1 amide bonds. The lowest BCUT2D eigenvalue weighted by molar-refractivity contribution is -0.149. The number of benzene rings is 1. The highest BCUT2D eigenvalue weighted by atomic mass is 32.2. The van der Waals surface area contributed by atoms with Crippen molar-refractivity contribution in [2.75, 3.05) is 19.7 Å². The second-order valence-electron chi connectivity index (χ2n) is 5.04. The number of carbonyl (C=O) groups excluding carboxylic acids is 2. The number of nitrogens with zero attached hydrogens (tertiary/aromatic N) is 1. The van der Waals surface area contributed by atoms with Gasteiger partial charge in [0, 0.05) is 5.56 Å². The first kappa shape index (κ1) is 17.3. The summed E-state index contributed by atoms with van der Waals surface area (Å²) in [5, 5.41) is 7.97. The SMILES string of the molecule is CCOC(=O)c1ccc(C[S+]([O-])C2CN(CC(=O)O)C2=O)cc1. The van der Waals surface area contributed by atoms with Gasteiger partial charge >= 0.3 is 11.9 Å². The number of likely N-dealkylation sites (tertiary alicyclic amines) is 1. The summed E-state index contributed by atoms with van der Waals surface area (Å²) in [6.07, 6.45) is 0. The van der Waals surface area contributed by atoms with Crippen molar-refractivity contribution in [3.8, 4) is 0 Å². The predicted octanol–water partition coefficient (Wildman–Crippen LogP) is 0.407. The first-order chi connectivity index (χ1) is 10.9. The molecule has 1 aliphatic heterocycles. The maximum atomic E-state index is 12.2. The molecule has 0 aromatic heterocycles. The van der Waals surface area contributed by atoms with Gasteiger partial charge in [-0.25, -0.2) is 4.79 Å². The minimum Gasteiger partial charge on any atom is -0.615 e. The van der Waals surface area contributed by atoms with Crippen molar-refractivity contribution < 1.29 is 28.8 Å². The van der Waals surface area contributed by atoms with Gasteiger partial charge in [-0.15, -0.1) is 0 Å². The highest BCUT2D eigenvalue weighted by Crippen LogP contribution is 2.22. The molecule has 0 bridgehead atoms. The van der Waals surface area contributed by atoms with E-state index in [2.05, 4.69) is 0 Å². The number of aliphatic carboxylic acids is 1. The molecule has 0 radical (unpaired) electrons. The molecule has 0 saturated carbocycles. The molecule has 0 aliphatic carbocycles. The Hall–Kier alpha value is -2.06. The van der Waals surface area contributed by atoms with E-state index in [1.807, 2.05) is 0 Å². The van der Waals surface area contributed by atoms with E-state index in [0.717, 1.165) is 10.5 Å². The number of carboxylic acids is 1. The van der Waals surface area contributed by atoms with Crippen LogP contribution in [0.3, 0.4) is 0 Å². The monoisotopic (exact) mass is 339 g/mol. The number of amides is 1. The van der Waals surface area contributed by atoms with Gasteiger partial charge in [0.2, 0.25) is 5.25 Å². The van der Waals surface area contributed by atoms with Gasteiger partial charge in [0.25, 0.3) is 5.91 Å². The van der Waals surface area contributed by atoms with Crippen molar-refractivity contribution in [3.63, 3.8) is 0 Å². The zero-order valence-electron chi connectivity index (χ0n) is 12.6. The van der Waals surface area contributed by atoms with E-state index in [4.69, 9.17) is 9.84 Å². The molecular formula is C15H17NO6S. The number of rotatable bonds is 7. The summed E-state index contributed by atoms with van der Waals surface area (Å²) in [6, 6.07) is 6.51. The molecule has 8 heteroatoms. The van der Waals surface area contributed by atoms with Crippen molar-refractivity contribution in [2.24, 2.45) is 0 Å². The lowest BCUT2D eigenvalue weighted by atomic mass is 10.1. The third-order valence-corrected chi connectivity index (χ3v) is 4.99. The van der Waals surface area contributed by atoms with Gasteiger partial charge < -0.3 is 19.3 Å². The summed E-state index contributed by atoms with van der Waals surface area (Å²) in [5.74, 6) is -1.72. The van der Waals surface area contributed by atoms with E-state index in [0.29, 0.717) is 12.2 Å². The van der Waals surface area contributed by atoms with E-state index in [9.17, 15) is 18.9 Å². The molecule has 2 atom stereocenters. The van der Waals surface area contributed by atoms with Gasteiger partial charge in [0.15, 0.2) is 0 Å². The summed E-state index contributed by atoms with van der Waals surface area (Å²) < 4.78 is 17.1. The van der Waals surface area contributed by atoms with Gasteiger partial charge in [0.05, 0.1) is 18.7 Å². The van der Waals surface area contributed by atoms with Gasteiger partial charge in [-0.1, -0.05) is 12.1 Å². The Morgan fingerprint density at radius 3 is 2.57 bits per heavy atom. The molecule has 1 aliphatic rings. The molecule has 1 aromatic rings. The first-order valence-electron chi connectivity index (χ1n) is 7.06. The van der Waals surface area contributed by atoms with E-state index in [-0.39, 0.29) is 18.8 Å². The Labute approximate surface area is 136 Å². The van der Waals surface area contributed by atoms with Crippen LogP contribution < -0.4 is 0 Å². The van der Waals surface area contributed by atoms with Crippen molar-refractivity contribution in [1.82, 2.24) is 4.90 Å². The summed E-state index contributed by atoms with van der Waals surface area (Å²) in [5.41, 5.74) is 1.15. The Bertz CT molecular complexity index is 602. The van der Waals surface area contributed by atoms with Crippen LogP contribution in [-0.4, -0.2) is 57.4 Å². The van der Waals surface area contributed by atoms with Gasteiger partial charge in [-0.05, 0) is 30.2 Å². The fourth-order valence-corrected chi connectivity index (χ4v) is 3.62. The lowest BCUT2D eigenvalue weighted by Gasteiger charge is -2.37. The van der Waals surface area contributed by atoms with E-state index < -0.39 is 34.3 Å². The lowest BCUT2D eigenvalue weighted by Crippen LogP contribution is -2.61. The molecule has 0 spiro atoms. The van der Waals surface area contributed by atoms with Crippen LogP contribution in [0.5, 0.6) is 0 Å². The quantitative estimate of drug-likeness (QED) is 0.438. The van der Waals surface area contributed by atoms with E-state index >= 15 is 0 Å². The summed E-state index contributed by atoms with van der Waals surface area (Å²) in [6.45, 7) is 1.85. The highest BCUT2D eigenvalue weighted by molar-refractivity contribution is 7.92. The number of ether oxygens (including phenoxy) is 1. The third-order valence-electron chi connectivity index (χ3n) is 3.39. The molecule has 1 N–H and O–H groups in total. The standard InChI is InChI=1S/C15H17NO6S/c1-2-22-15(20)11-5-3-10(4-6-11)9-23(21)12-7-16(14(12)19)8-13(17)18/h3-6,12H,2,7-9H2,1H3,(H,17,18). The van der Waals surface area contributed by atoms with Crippen LogP contribution in [0.1, 0.15) is 22.8 Å². The molecule has 2 rings (SSSR count). The molecule has 1 heterocycles. The zero-order chi connectivity index (χ0) is 17.0. The van der Waals surface area contributed by atoms with Crippen LogP contribution in [0.25, 0.3) is 0 Å². The molecule has 124 valence electrons. The Morgan fingerprint density at radius 2 is 2.04 bits per heavy atom. The second-order valence-corrected chi connectivity index (χ2v) is 6.66. The molecule has 1 fully saturated rings. The summed E-state index contributed by atoms with van der Waals surface area (Å²) in [4.78, 5) is 35.0. The van der Waals surface area contributed by atoms with Crippen molar-refractivity contribution in [1.29, 1.82) is 0 Å². The average molecular weight is 339 g/mol. The zero-order valence-corrected chi connectivity index (χ0v) is 13.4. The maximum Gasteiger partial charge on any atom is 0.338 e. The number of esters is 1. The average Bonchev–Trinajstić information content (AvgIpc) is 2.51. The number of β-lactam (4-membered cyclic amide) rings is 1. The largest absolute Gasteiger partial charge is 0.615 e. The maximum absolute atomic E-state index is 12.2. The van der Waals surface area contributed by atoms with Gasteiger partial charge in [-0.3, -0.25) is 9.59 Å². The fourth-order valence-electron chi connectivity index (χ4n) is 2.18. The Balaban J connectivity index is 1.89. The van der Waals surface area contributed by atoms with Crippen LogP contribution in [0.4, 0.5) is 0 Å². The topological polar surface area (TPSA) is 107 Å². The predicted molar refractivity (Wildman–Crippen MR) is 82.2 cm³/mol. The van der Waals surface area contributed by atoms with Crippen LogP contribution in [0.2, 0.25) is 0 Å². The van der Waals surface area contributed by atoms with Gasteiger partial charge in [-0.2, -0.15) is 0 Å². The van der Waals surface area contributed by atoms with Crippen LogP contribution in [0, 0.1) is 0 Å². The molecular weight excluding hydrogens is 322 g/mol. The van der Waals surface area contributed by atoms with E-state index in [1.54, 1.807) is 31.2 Å². The molecule has 1 saturated heterocycles. The minimum atomic E-state index is -1.42. The second kappa shape index (κ2) is 7.47. The molecule has 7 nitrogen and oxygen atoms in total. The van der Waals surface area contributed by atoms with Crippen LogP contribution in [-0.2, 0) is 31.3 Å². The normalized spacial score (nSPS) is 18.3. The number of hydrogen-bond donors (Lipinski definition) is 1. The van der Waals surface area contributed by atoms with Crippen LogP contribution in [0.15, 0.2) is 24.3 Å². The number of hydrogen-bond acceptors (Lipinski definition) is 5. The minimum absolute atomic E-state index is 0.181. The van der Waals surface area contributed by atoms with Gasteiger partial charge in [0.1, 0.15) is 12.3 Å². The number of carboxylic acid groups (broad SMARTS) is 1. The highest BCUT2D eigenvalue weighted by Gasteiger charge is 2.45. The fraction of sp³-hybridized carbons (Fsp3) is 0.400.